The molecule has 0 spiro atoms. The molecular formula is C32H30FN3O2. The Labute approximate surface area is 221 Å². The van der Waals surface area contributed by atoms with Crippen molar-refractivity contribution in [1.82, 2.24) is 14.2 Å². The van der Waals surface area contributed by atoms with Crippen molar-refractivity contribution in [3.63, 3.8) is 0 Å². The molecule has 2 aromatic heterocycles. The lowest BCUT2D eigenvalue weighted by Gasteiger charge is -2.10. The van der Waals surface area contributed by atoms with Crippen LogP contribution in [0, 0.1) is 12.7 Å². The van der Waals surface area contributed by atoms with Crippen LogP contribution in [0.15, 0.2) is 72.8 Å². The van der Waals surface area contributed by atoms with E-state index in [0.717, 1.165) is 71.7 Å². The summed E-state index contributed by atoms with van der Waals surface area (Å²) in [6, 6.07) is 22.1. The average Bonchev–Trinajstić information content (AvgIpc) is 3.34. The minimum Gasteiger partial charge on any atom is -0.486 e. The zero-order valence-corrected chi connectivity index (χ0v) is 21.7. The van der Waals surface area contributed by atoms with Gasteiger partial charge in [0.05, 0.1) is 0 Å². The second kappa shape index (κ2) is 9.93. The van der Waals surface area contributed by atoms with E-state index in [1.165, 1.54) is 17.7 Å². The molecule has 6 heteroatoms. The summed E-state index contributed by atoms with van der Waals surface area (Å²) in [7, 11) is 0. The highest BCUT2D eigenvalue weighted by Crippen LogP contribution is 2.38. The zero-order valence-electron chi connectivity index (χ0n) is 21.7. The van der Waals surface area contributed by atoms with E-state index < -0.39 is 0 Å². The van der Waals surface area contributed by atoms with Crippen molar-refractivity contribution in [3.8, 4) is 16.9 Å². The van der Waals surface area contributed by atoms with Crippen molar-refractivity contribution in [2.24, 2.45) is 0 Å². The molecule has 0 radical (unpaired) electrons. The molecule has 0 saturated heterocycles. The maximum atomic E-state index is 14.0. The van der Waals surface area contributed by atoms with Crippen LogP contribution >= 0.6 is 0 Å². The van der Waals surface area contributed by atoms with Gasteiger partial charge in [0.25, 0.3) is 0 Å². The highest BCUT2D eigenvalue weighted by Gasteiger charge is 2.31. The first kappa shape index (κ1) is 24.2. The lowest BCUT2D eigenvalue weighted by atomic mass is 9.94. The van der Waals surface area contributed by atoms with Crippen molar-refractivity contribution in [2.75, 3.05) is 0 Å². The molecule has 192 valence electrons. The summed E-state index contributed by atoms with van der Waals surface area (Å²) in [5, 5.41) is 4.96. The van der Waals surface area contributed by atoms with Crippen LogP contribution in [-0.2, 0) is 26.0 Å². The van der Waals surface area contributed by atoms with Gasteiger partial charge in [0.2, 0.25) is 5.78 Å². The van der Waals surface area contributed by atoms with Crippen molar-refractivity contribution < 1.29 is 13.9 Å². The normalized spacial score (nSPS) is 13.0. The van der Waals surface area contributed by atoms with Gasteiger partial charge in [0.1, 0.15) is 29.5 Å². The van der Waals surface area contributed by atoms with E-state index in [0.29, 0.717) is 17.9 Å². The molecule has 0 N–H and O–H groups in total. The first-order chi connectivity index (χ1) is 18.5. The van der Waals surface area contributed by atoms with Gasteiger partial charge < -0.3 is 9.30 Å². The summed E-state index contributed by atoms with van der Waals surface area (Å²) in [6.45, 7) is 5.30. The van der Waals surface area contributed by atoms with Crippen LogP contribution in [0.3, 0.4) is 0 Å². The van der Waals surface area contributed by atoms with Crippen LogP contribution in [0.1, 0.15) is 58.3 Å². The molecule has 6 rings (SSSR count). The first-order valence-corrected chi connectivity index (χ1v) is 13.3. The van der Waals surface area contributed by atoms with Gasteiger partial charge in [-0.2, -0.15) is 0 Å². The quantitative estimate of drug-likeness (QED) is 0.224. The van der Waals surface area contributed by atoms with Crippen LogP contribution in [0.2, 0.25) is 0 Å². The van der Waals surface area contributed by atoms with Gasteiger partial charge in [0.15, 0.2) is 5.82 Å². The second-order valence-corrected chi connectivity index (χ2v) is 9.95. The number of aromatic nitrogens is 3. The number of hydrogen-bond donors (Lipinski definition) is 0. The Morgan fingerprint density at radius 1 is 0.974 bits per heavy atom. The monoisotopic (exact) mass is 507 g/mol. The topological polar surface area (TPSA) is 48.5 Å². The minimum absolute atomic E-state index is 0.172. The molecule has 0 fully saturated rings. The number of nitrogens with zero attached hydrogens (tertiary/aromatic N) is 3. The Bertz CT molecular complexity index is 1610. The molecule has 0 bridgehead atoms. The third-order valence-electron chi connectivity index (χ3n) is 7.42. The minimum atomic E-state index is -0.369. The molecule has 0 unspecified atom stereocenters. The molecule has 0 saturated carbocycles. The van der Waals surface area contributed by atoms with E-state index in [1.807, 2.05) is 12.1 Å². The van der Waals surface area contributed by atoms with Gasteiger partial charge in [0, 0.05) is 23.2 Å². The molecule has 5 nitrogen and oxygen atoms in total. The fraction of sp³-hybridized carbons (Fsp3) is 0.250. The predicted octanol–water partition coefficient (Wildman–Crippen LogP) is 6.96. The summed E-state index contributed by atoms with van der Waals surface area (Å²) >= 11 is 0. The van der Waals surface area contributed by atoms with Gasteiger partial charge in [-0.1, -0.05) is 48.9 Å². The highest BCUT2D eigenvalue weighted by atomic mass is 19.1. The Balaban J connectivity index is 1.50. The zero-order chi connectivity index (χ0) is 26.2. The molecule has 1 aliphatic rings. The summed E-state index contributed by atoms with van der Waals surface area (Å²) in [6.07, 6.45) is 3.87. The van der Waals surface area contributed by atoms with Gasteiger partial charge in [-0.3, -0.25) is 4.79 Å². The number of hydrogen-bond acceptors (Lipinski definition) is 3. The maximum absolute atomic E-state index is 14.0. The highest BCUT2D eigenvalue weighted by molar-refractivity contribution is 6.13. The summed E-state index contributed by atoms with van der Waals surface area (Å²) in [5.74, 6) is 1.03. The SMILES string of the molecule is CCc1ccc(OCc2nn3c(C(=O)c4ccc(F)cc4)c(-c4ccc(C)cc4)c4c3n2CCCC4)cc1. The van der Waals surface area contributed by atoms with Gasteiger partial charge in [-0.25, -0.2) is 8.91 Å². The lowest BCUT2D eigenvalue weighted by Crippen LogP contribution is -2.09. The summed E-state index contributed by atoms with van der Waals surface area (Å²) in [4.78, 5) is 14.0. The Kier molecular flexibility index (Phi) is 6.32. The maximum Gasteiger partial charge on any atom is 0.212 e. The number of rotatable bonds is 7. The van der Waals surface area contributed by atoms with E-state index in [-0.39, 0.29) is 11.6 Å². The number of halogens is 1. The van der Waals surface area contributed by atoms with Gasteiger partial charge in [-0.15, -0.1) is 5.10 Å². The van der Waals surface area contributed by atoms with Crippen molar-refractivity contribution >= 4 is 11.4 Å². The standard InChI is InChI=1S/C32H30FN3O2/c1-3-22-9-17-26(18-10-22)38-20-28-34-36-30(31(37)24-13-15-25(33)16-14-24)29(23-11-7-21(2)8-12-23)27-6-4-5-19-35(28)32(27)36/h7-18H,3-6,19-20H2,1-2H3. The van der Waals surface area contributed by atoms with Gasteiger partial charge >= 0.3 is 0 Å². The van der Waals surface area contributed by atoms with Crippen LogP contribution in [0.25, 0.3) is 16.8 Å². The molecule has 0 atom stereocenters. The largest absolute Gasteiger partial charge is 0.486 e. The fourth-order valence-corrected chi connectivity index (χ4v) is 5.36. The van der Waals surface area contributed by atoms with E-state index in [4.69, 9.17) is 9.84 Å². The van der Waals surface area contributed by atoms with E-state index >= 15 is 0 Å². The van der Waals surface area contributed by atoms with E-state index in [2.05, 4.69) is 54.8 Å². The Morgan fingerprint density at radius 3 is 2.42 bits per heavy atom. The number of ether oxygens (including phenoxy) is 1. The number of benzene rings is 3. The molecule has 3 heterocycles. The van der Waals surface area contributed by atoms with Crippen molar-refractivity contribution in [2.45, 2.75) is 52.7 Å². The van der Waals surface area contributed by atoms with Crippen LogP contribution in [-0.4, -0.2) is 20.0 Å². The predicted molar refractivity (Wildman–Crippen MR) is 146 cm³/mol. The van der Waals surface area contributed by atoms with Crippen LogP contribution in [0.5, 0.6) is 5.75 Å². The van der Waals surface area contributed by atoms with Crippen LogP contribution < -0.4 is 4.74 Å². The summed E-state index contributed by atoms with van der Waals surface area (Å²) in [5.41, 5.74) is 7.35. The second-order valence-electron chi connectivity index (χ2n) is 9.95. The van der Waals surface area contributed by atoms with Crippen molar-refractivity contribution in [1.29, 1.82) is 0 Å². The number of carbonyl (C=O) groups excluding carboxylic acids is 1. The molecule has 5 aromatic rings. The third kappa shape index (κ3) is 4.30. The molecule has 3 aromatic carbocycles. The third-order valence-corrected chi connectivity index (χ3v) is 7.42. The van der Waals surface area contributed by atoms with Crippen molar-refractivity contribution in [3.05, 3.63) is 112 Å². The van der Waals surface area contributed by atoms with Gasteiger partial charge in [-0.05, 0) is 80.1 Å². The molecule has 38 heavy (non-hydrogen) atoms. The number of ketones is 1. The average molecular weight is 508 g/mol. The van der Waals surface area contributed by atoms with E-state index in [1.54, 1.807) is 16.6 Å². The fourth-order valence-electron chi connectivity index (χ4n) is 5.36. The number of aryl methyl sites for hydroxylation is 4. The number of carbonyl (C=O) groups is 1. The Morgan fingerprint density at radius 2 is 1.71 bits per heavy atom. The first-order valence-electron chi connectivity index (χ1n) is 13.3. The summed E-state index contributed by atoms with van der Waals surface area (Å²) < 4.78 is 23.8. The molecule has 0 aliphatic carbocycles. The smallest absolute Gasteiger partial charge is 0.212 e. The van der Waals surface area contributed by atoms with E-state index in [9.17, 15) is 9.18 Å². The molecule has 0 amide bonds. The molecule has 1 aliphatic heterocycles. The Hall–Kier alpha value is -4.19. The molecular weight excluding hydrogens is 477 g/mol. The lowest BCUT2D eigenvalue weighted by molar-refractivity contribution is 0.103. The van der Waals surface area contributed by atoms with Crippen LogP contribution in [0.4, 0.5) is 4.39 Å².